The fourth-order valence-corrected chi connectivity index (χ4v) is 2.90. The first-order valence-corrected chi connectivity index (χ1v) is 7.70. The van der Waals surface area contributed by atoms with Crippen LogP contribution in [0.4, 0.5) is 0 Å². The summed E-state index contributed by atoms with van der Waals surface area (Å²) in [6, 6.07) is 7.90. The molecule has 1 aliphatic carbocycles. The van der Waals surface area contributed by atoms with Crippen LogP contribution in [0.1, 0.15) is 35.8 Å². The molecule has 3 nitrogen and oxygen atoms in total. The van der Waals surface area contributed by atoms with E-state index < -0.39 is 0 Å². The molecule has 1 fully saturated rings. The van der Waals surface area contributed by atoms with Crippen molar-refractivity contribution >= 4 is 27.5 Å². The standard InChI is InChI=1S/C15H14BrClN2O/c1-20-11-5-3-2-4-10(11)8-12-18-14(9-6-7-9)13(16)15(17)19-12/h2-5,9H,6-8H2,1H3. The molecule has 0 amide bonds. The van der Waals surface area contributed by atoms with E-state index in [4.69, 9.17) is 16.3 Å². The number of methoxy groups -OCH3 is 1. The Hall–Kier alpha value is -1.13. The van der Waals surface area contributed by atoms with Crippen molar-refractivity contribution in [2.45, 2.75) is 25.2 Å². The average Bonchev–Trinajstić information content (AvgIpc) is 3.28. The Balaban J connectivity index is 1.94. The fourth-order valence-electron chi connectivity index (χ4n) is 2.21. The van der Waals surface area contributed by atoms with Crippen molar-refractivity contribution < 1.29 is 4.74 Å². The number of nitrogens with zero attached hydrogens (tertiary/aromatic N) is 2. The maximum absolute atomic E-state index is 6.20. The van der Waals surface area contributed by atoms with Crippen LogP contribution in [0, 0.1) is 0 Å². The highest BCUT2D eigenvalue weighted by Gasteiger charge is 2.29. The zero-order valence-electron chi connectivity index (χ0n) is 11.1. The zero-order chi connectivity index (χ0) is 14.1. The topological polar surface area (TPSA) is 35.0 Å². The summed E-state index contributed by atoms with van der Waals surface area (Å²) in [5.41, 5.74) is 2.10. The summed E-state index contributed by atoms with van der Waals surface area (Å²) in [6.45, 7) is 0. The van der Waals surface area contributed by atoms with E-state index in [2.05, 4.69) is 25.9 Å². The van der Waals surface area contributed by atoms with Gasteiger partial charge in [0.1, 0.15) is 16.7 Å². The van der Waals surface area contributed by atoms with Gasteiger partial charge in [-0.25, -0.2) is 9.97 Å². The molecule has 1 heterocycles. The van der Waals surface area contributed by atoms with Crippen molar-refractivity contribution in [3.63, 3.8) is 0 Å². The predicted molar refractivity (Wildman–Crippen MR) is 82.5 cm³/mol. The molecule has 0 radical (unpaired) electrons. The first-order valence-electron chi connectivity index (χ1n) is 6.52. The fraction of sp³-hybridized carbons (Fsp3) is 0.333. The van der Waals surface area contributed by atoms with Gasteiger partial charge in [-0.1, -0.05) is 29.8 Å². The molecule has 0 aliphatic heterocycles. The normalized spacial score (nSPS) is 14.3. The van der Waals surface area contributed by atoms with E-state index in [0.29, 0.717) is 17.5 Å². The Morgan fingerprint density at radius 1 is 1.30 bits per heavy atom. The van der Waals surface area contributed by atoms with E-state index in [0.717, 1.165) is 27.3 Å². The molecule has 2 aromatic rings. The first kappa shape index (κ1) is 13.8. The van der Waals surface area contributed by atoms with Gasteiger partial charge in [0.25, 0.3) is 0 Å². The number of ether oxygens (including phenoxy) is 1. The lowest BCUT2D eigenvalue weighted by molar-refractivity contribution is 0.410. The Bertz CT molecular complexity index is 644. The van der Waals surface area contributed by atoms with Gasteiger partial charge in [0.05, 0.1) is 17.3 Å². The second-order valence-corrected chi connectivity index (χ2v) is 6.04. The average molecular weight is 354 g/mol. The molecule has 5 heteroatoms. The van der Waals surface area contributed by atoms with Gasteiger partial charge in [0.15, 0.2) is 0 Å². The van der Waals surface area contributed by atoms with Crippen LogP contribution in [0.2, 0.25) is 5.15 Å². The SMILES string of the molecule is COc1ccccc1Cc1nc(Cl)c(Br)c(C2CC2)n1. The highest BCUT2D eigenvalue weighted by atomic mass is 79.9. The van der Waals surface area contributed by atoms with Gasteiger partial charge in [-0.3, -0.25) is 0 Å². The van der Waals surface area contributed by atoms with Crippen molar-refractivity contribution in [2.75, 3.05) is 7.11 Å². The minimum Gasteiger partial charge on any atom is -0.496 e. The van der Waals surface area contributed by atoms with Crippen LogP contribution < -0.4 is 4.74 Å². The summed E-state index contributed by atoms with van der Waals surface area (Å²) in [4.78, 5) is 9.03. The van der Waals surface area contributed by atoms with Crippen molar-refractivity contribution in [2.24, 2.45) is 0 Å². The van der Waals surface area contributed by atoms with Gasteiger partial charge in [0, 0.05) is 17.9 Å². The maximum Gasteiger partial charge on any atom is 0.147 e. The number of hydrogen-bond donors (Lipinski definition) is 0. The number of para-hydroxylation sites is 1. The van der Waals surface area contributed by atoms with Gasteiger partial charge in [-0.2, -0.15) is 0 Å². The van der Waals surface area contributed by atoms with E-state index in [9.17, 15) is 0 Å². The van der Waals surface area contributed by atoms with Crippen LogP contribution in [-0.2, 0) is 6.42 Å². The molecule has 1 saturated carbocycles. The molecule has 104 valence electrons. The van der Waals surface area contributed by atoms with Gasteiger partial charge in [-0.05, 0) is 34.8 Å². The van der Waals surface area contributed by atoms with Crippen LogP contribution in [-0.4, -0.2) is 17.1 Å². The van der Waals surface area contributed by atoms with Crippen molar-refractivity contribution in [3.8, 4) is 5.75 Å². The summed E-state index contributed by atoms with van der Waals surface area (Å²) < 4.78 is 6.20. The Kier molecular flexibility index (Phi) is 3.94. The predicted octanol–water partition coefficient (Wildman–Crippen LogP) is 4.37. The van der Waals surface area contributed by atoms with Crippen LogP contribution in [0.25, 0.3) is 0 Å². The Labute approximate surface area is 131 Å². The monoisotopic (exact) mass is 352 g/mol. The van der Waals surface area contributed by atoms with Gasteiger partial charge in [0.2, 0.25) is 0 Å². The zero-order valence-corrected chi connectivity index (χ0v) is 13.4. The van der Waals surface area contributed by atoms with Crippen LogP contribution in [0.5, 0.6) is 5.75 Å². The minimum absolute atomic E-state index is 0.492. The third-order valence-corrected chi connectivity index (χ3v) is 4.67. The summed E-state index contributed by atoms with van der Waals surface area (Å²) in [6.07, 6.45) is 2.98. The van der Waals surface area contributed by atoms with Crippen LogP contribution in [0.15, 0.2) is 28.7 Å². The summed E-state index contributed by atoms with van der Waals surface area (Å²) in [5.74, 6) is 2.12. The number of benzene rings is 1. The highest BCUT2D eigenvalue weighted by molar-refractivity contribution is 9.10. The van der Waals surface area contributed by atoms with Crippen molar-refractivity contribution in [3.05, 3.63) is 51.0 Å². The molecule has 0 unspecified atom stereocenters. The molecule has 3 rings (SSSR count). The molecular formula is C15H14BrClN2O. The number of halogens is 2. The maximum atomic E-state index is 6.20. The first-order chi connectivity index (χ1) is 9.69. The van der Waals surface area contributed by atoms with Gasteiger partial charge < -0.3 is 4.74 Å². The molecular weight excluding hydrogens is 340 g/mol. The number of aromatic nitrogens is 2. The molecule has 0 atom stereocenters. The highest BCUT2D eigenvalue weighted by Crippen LogP contribution is 2.43. The lowest BCUT2D eigenvalue weighted by atomic mass is 10.1. The lowest BCUT2D eigenvalue weighted by Crippen LogP contribution is -2.03. The number of hydrogen-bond acceptors (Lipinski definition) is 3. The van der Waals surface area contributed by atoms with Gasteiger partial charge >= 0.3 is 0 Å². The quantitative estimate of drug-likeness (QED) is 0.766. The molecule has 0 bridgehead atoms. The molecule has 0 N–H and O–H groups in total. The second kappa shape index (κ2) is 5.70. The Morgan fingerprint density at radius 2 is 2.05 bits per heavy atom. The van der Waals surface area contributed by atoms with E-state index in [-0.39, 0.29) is 0 Å². The van der Waals surface area contributed by atoms with Gasteiger partial charge in [-0.15, -0.1) is 0 Å². The molecule has 1 aromatic carbocycles. The minimum atomic E-state index is 0.492. The van der Waals surface area contributed by atoms with E-state index in [1.165, 1.54) is 12.8 Å². The molecule has 20 heavy (non-hydrogen) atoms. The van der Waals surface area contributed by atoms with Crippen molar-refractivity contribution in [1.82, 2.24) is 9.97 Å². The van der Waals surface area contributed by atoms with Crippen LogP contribution in [0.3, 0.4) is 0 Å². The van der Waals surface area contributed by atoms with Crippen molar-refractivity contribution in [1.29, 1.82) is 0 Å². The Morgan fingerprint density at radius 3 is 2.75 bits per heavy atom. The van der Waals surface area contributed by atoms with E-state index in [1.807, 2.05) is 24.3 Å². The molecule has 1 aliphatic rings. The van der Waals surface area contributed by atoms with Crippen LogP contribution >= 0.6 is 27.5 Å². The smallest absolute Gasteiger partial charge is 0.147 e. The lowest BCUT2D eigenvalue weighted by Gasteiger charge is -2.10. The summed E-state index contributed by atoms with van der Waals surface area (Å²) in [5, 5.41) is 0.492. The van der Waals surface area contributed by atoms with E-state index >= 15 is 0 Å². The second-order valence-electron chi connectivity index (χ2n) is 4.89. The summed E-state index contributed by atoms with van der Waals surface area (Å²) >= 11 is 9.69. The summed E-state index contributed by atoms with van der Waals surface area (Å²) in [7, 11) is 1.67. The third-order valence-electron chi connectivity index (χ3n) is 3.39. The molecule has 0 saturated heterocycles. The molecule has 1 aromatic heterocycles. The van der Waals surface area contributed by atoms with E-state index in [1.54, 1.807) is 7.11 Å². The third kappa shape index (κ3) is 2.81. The largest absolute Gasteiger partial charge is 0.496 e. The molecule has 0 spiro atoms. The number of rotatable bonds is 4.